The monoisotopic (exact) mass is 416 g/mol. The Hall–Kier alpha value is -1.45. The van der Waals surface area contributed by atoms with Gasteiger partial charge in [-0.2, -0.15) is 0 Å². The first-order valence-corrected chi connectivity index (χ1v) is 8.56. The fourth-order valence-electron chi connectivity index (χ4n) is 2.82. The van der Waals surface area contributed by atoms with Gasteiger partial charge in [-0.25, -0.2) is 0 Å². The number of hydrogen-bond acceptors (Lipinski definition) is 1. The van der Waals surface area contributed by atoms with E-state index < -0.39 is 0 Å². The van der Waals surface area contributed by atoms with E-state index in [2.05, 4.69) is 31.9 Å². The number of carbonyl (C=O) groups is 1. The first kappa shape index (κ1) is 15.4. The summed E-state index contributed by atoms with van der Waals surface area (Å²) in [6, 6.07) is 15.8. The Morgan fingerprint density at radius 3 is 1.50 bits per heavy atom. The number of Topliss-reactive ketones (excluding diaryl/α,β-unsaturated/α-hetero) is 1. The molecule has 2 aromatic carbocycles. The summed E-state index contributed by atoms with van der Waals surface area (Å²) in [7, 11) is 0. The van der Waals surface area contributed by atoms with Gasteiger partial charge in [-0.05, 0) is 60.4 Å². The first-order chi connectivity index (χ1) is 10.5. The molecule has 0 N–H and O–H groups in total. The summed E-state index contributed by atoms with van der Waals surface area (Å²) in [5.41, 5.74) is 5.63. The SMILES string of the molecule is CC1=C(c2cccc(Br)c2)C(=O)C(c2cccc(Br)c2)=C1C. The van der Waals surface area contributed by atoms with E-state index in [-0.39, 0.29) is 5.78 Å². The Kier molecular flexibility index (Phi) is 4.20. The van der Waals surface area contributed by atoms with E-state index in [9.17, 15) is 4.79 Å². The second-order valence-electron chi connectivity index (χ2n) is 5.35. The van der Waals surface area contributed by atoms with Gasteiger partial charge in [0.2, 0.25) is 0 Å². The molecule has 0 aromatic heterocycles. The minimum atomic E-state index is 0.103. The standard InChI is InChI=1S/C19H14Br2O/c1-11-12(2)18(14-6-4-8-16(21)10-14)19(22)17(11)13-5-3-7-15(20)9-13/h3-10H,1-2H3. The Balaban J connectivity index is 2.11. The molecular formula is C19H14Br2O. The van der Waals surface area contributed by atoms with E-state index in [0.29, 0.717) is 0 Å². The molecule has 2 aromatic rings. The molecule has 0 spiro atoms. The Labute approximate surface area is 147 Å². The van der Waals surface area contributed by atoms with Crippen LogP contribution in [-0.2, 0) is 4.79 Å². The van der Waals surface area contributed by atoms with Gasteiger partial charge in [-0.1, -0.05) is 56.1 Å². The molecule has 0 unspecified atom stereocenters. The maximum absolute atomic E-state index is 13.0. The van der Waals surface area contributed by atoms with Gasteiger partial charge < -0.3 is 0 Å². The zero-order chi connectivity index (χ0) is 15.9. The van der Waals surface area contributed by atoms with Crippen LogP contribution in [0, 0.1) is 0 Å². The van der Waals surface area contributed by atoms with Crippen molar-refractivity contribution in [2.24, 2.45) is 0 Å². The van der Waals surface area contributed by atoms with E-state index in [1.807, 2.05) is 62.4 Å². The number of halogens is 2. The lowest BCUT2D eigenvalue weighted by Crippen LogP contribution is -2.01. The predicted octanol–water partition coefficient (Wildman–Crippen LogP) is 6.04. The summed E-state index contributed by atoms with van der Waals surface area (Å²) in [4.78, 5) is 13.0. The lowest BCUT2D eigenvalue weighted by Gasteiger charge is -2.07. The van der Waals surface area contributed by atoms with Crippen LogP contribution >= 0.6 is 31.9 Å². The second kappa shape index (κ2) is 5.98. The second-order valence-corrected chi connectivity index (χ2v) is 7.18. The Morgan fingerprint density at radius 2 is 1.14 bits per heavy atom. The lowest BCUT2D eigenvalue weighted by molar-refractivity contribution is -0.108. The third-order valence-corrected chi connectivity index (χ3v) is 4.98. The van der Waals surface area contributed by atoms with Crippen molar-refractivity contribution in [1.29, 1.82) is 0 Å². The molecule has 1 aliphatic carbocycles. The van der Waals surface area contributed by atoms with Crippen LogP contribution < -0.4 is 0 Å². The molecule has 0 radical (unpaired) electrons. The fraction of sp³-hybridized carbons (Fsp3) is 0.105. The molecule has 0 saturated heterocycles. The van der Waals surface area contributed by atoms with Gasteiger partial charge in [0.1, 0.15) is 0 Å². The van der Waals surface area contributed by atoms with Gasteiger partial charge in [0.15, 0.2) is 5.78 Å². The van der Waals surface area contributed by atoms with Crippen molar-refractivity contribution in [3.05, 3.63) is 79.7 Å². The minimum Gasteiger partial charge on any atom is -0.289 e. The number of allylic oxidation sites excluding steroid dienone is 4. The molecule has 0 bridgehead atoms. The third kappa shape index (κ3) is 2.64. The lowest BCUT2D eigenvalue weighted by atomic mass is 9.96. The number of benzene rings is 2. The molecule has 0 saturated carbocycles. The highest BCUT2D eigenvalue weighted by Crippen LogP contribution is 2.40. The summed E-state index contributed by atoms with van der Waals surface area (Å²) < 4.78 is 1.96. The average Bonchev–Trinajstić information content (AvgIpc) is 2.69. The van der Waals surface area contributed by atoms with Crippen molar-refractivity contribution in [3.8, 4) is 0 Å². The van der Waals surface area contributed by atoms with E-state index in [1.54, 1.807) is 0 Å². The number of carbonyl (C=O) groups excluding carboxylic acids is 1. The van der Waals surface area contributed by atoms with Crippen molar-refractivity contribution >= 4 is 48.8 Å². The third-order valence-electron chi connectivity index (χ3n) is 3.99. The van der Waals surface area contributed by atoms with Gasteiger partial charge in [0, 0.05) is 20.1 Å². The summed E-state index contributed by atoms with van der Waals surface area (Å²) in [5, 5.41) is 0. The molecule has 0 heterocycles. The number of rotatable bonds is 2. The Bertz CT molecular complexity index is 775. The maximum atomic E-state index is 13.0. The quantitative estimate of drug-likeness (QED) is 0.581. The molecule has 22 heavy (non-hydrogen) atoms. The minimum absolute atomic E-state index is 0.103. The molecular weight excluding hydrogens is 404 g/mol. The van der Waals surface area contributed by atoms with Gasteiger partial charge in [0.05, 0.1) is 0 Å². The van der Waals surface area contributed by atoms with Crippen LogP contribution in [0.25, 0.3) is 11.1 Å². The number of ketones is 1. The highest BCUT2D eigenvalue weighted by atomic mass is 79.9. The van der Waals surface area contributed by atoms with Crippen molar-refractivity contribution < 1.29 is 4.79 Å². The molecule has 0 aliphatic heterocycles. The Morgan fingerprint density at radius 1 is 0.727 bits per heavy atom. The normalized spacial score (nSPS) is 15.0. The molecule has 3 heteroatoms. The van der Waals surface area contributed by atoms with Crippen LogP contribution in [0.4, 0.5) is 0 Å². The van der Waals surface area contributed by atoms with E-state index >= 15 is 0 Å². The largest absolute Gasteiger partial charge is 0.289 e. The van der Waals surface area contributed by atoms with E-state index in [1.165, 1.54) is 0 Å². The summed E-state index contributed by atoms with van der Waals surface area (Å²) in [6.07, 6.45) is 0. The molecule has 1 aliphatic rings. The highest BCUT2D eigenvalue weighted by molar-refractivity contribution is 9.10. The molecule has 1 nitrogen and oxygen atoms in total. The van der Waals surface area contributed by atoms with Gasteiger partial charge in [-0.15, -0.1) is 0 Å². The first-order valence-electron chi connectivity index (χ1n) is 6.97. The smallest absolute Gasteiger partial charge is 0.194 e. The molecule has 3 rings (SSSR count). The van der Waals surface area contributed by atoms with Crippen LogP contribution in [0.3, 0.4) is 0 Å². The molecule has 0 fully saturated rings. The zero-order valence-electron chi connectivity index (χ0n) is 12.3. The van der Waals surface area contributed by atoms with Crippen molar-refractivity contribution in [2.75, 3.05) is 0 Å². The van der Waals surface area contributed by atoms with Gasteiger partial charge in [-0.3, -0.25) is 4.79 Å². The van der Waals surface area contributed by atoms with Gasteiger partial charge in [0.25, 0.3) is 0 Å². The van der Waals surface area contributed by atoms with Crippen LogP contribution in [-0.4, -0.2) is 5.78 Å². The summed E-state index contributed by atoms with van der Waals surface area (Å²) in [6.45, 7) is 4.04. The van der Waals surface area contributed by atoms with E-state index in [4.69, 9.17) is 0 Å². The van der Waals surface area contributed by atoms with Crippen LogP contribution in [0.15, 0.2) is 68.6 Å². The van der Waals surface area contributed by atoms with Crippen LogP contribution in [0.1, 0.15) is 25.0 Å². The van der Waals surface area contributed by atoms with Crippen LogP contribution in [0.5, 0.6) is 0 Å². The summed E-state index contributed by atoms with van der Waals surface area (Å²) >= 11 is 6.96. The van der Waals surface area contributed by atoms with Crippen molar-refractivity contribution in [3.63, 3.8) is 0 Å². The highest BCUT2D eigenvalue weighted by Gasteiger charge is 2.29. The maximum Gasteiger partial charge on any atom is 0.194 e. The zero-order valence-corrected chi connectivity index (χ0v) is 15.5. The van der Waals surface area contributed by atoms with Gasteiger partial charge >= 0.3 is 0 Å². The topological polar surface area (TPSA) is 17.1 Å². The molecule has 110 valence electrons. The predicted molar refractivity (Wildman–Crippen MR) is 98.5 cm³/mol. The van der Waals surface area contributed by atoms with E-state index in [0.717, 1.165) is 42.4 Å². The van der Waals surface area contributed by atoms with Crippen molar-refractivity contribution in [1.82, 2.24) is 0 Å². The fourth-order valence-corrected chi connectivity index (χ4v) is 3.62. The average molecular weight is 418 g/mol. The van der Waals surface area contributed by atoms with Crippen LogP contribution in [0.2, 0.25) is 0 Å². The van der Waals surface area contributed by atoms with Crippen molar-refractivity contribution in [2.45, 2.75) is 13.8 Å². The number of hydrogen-bond donors (Lipinski definition) is 0. The molecule has 0 atom stereocenters. The molecule has 0 amide bonds. The summed E-state index contributed by atoms with van der Waals surface area (Å²) in [5.74, 6) is 0.103.